The topological polar surface area (TPSA) is 446 Å². The van der Waals surface area contributed by atoms with Crippen LogP contribution >= 0.6 is 0 Å². The van der Waals surface area contributed by atoms with Crippen LogP contribution in [0.4, 0.5) is 0 Å². The van der Waals surface area contributed by atoms with Crippen molar-refractivity contribution in [2.75, 3.05) is 19.7 Å². The molecule has 0 saturated carbocycles. The van der Waals surface area contributed by atoms with Gasteiger partial charge >= 0.3 is 0 Å². The zero-order valence-electron chi connectivity index (χ0n) is 52.8. The molecule has 7 aromatic rings. The number of aliphatic hydroxyl groups is 1. The van der Waals surface area contributed by atoms with E-state index in [1.54, 1.807) is 68.7 Å². The highest BCUT2D eigenvalue weighted by Crippen LogP contribution is 2.24. The van der Waals surface area contributed by atoms with Crippen molar-refractivity contribution in [3.8, 4) is 11.5 Å². The van der Waals surface area contributed by atoms with Crippen LogP contribution in [-0.4, -0.2) is 179 Å². The number of hydrogen-bond donors (Lipinski definition) is 16. The Bertz CT molecular complexity index is 3950. The van der Waals surface area contributed by atoms with Crippen molar-refractivity contribution in [2.24, 2.45) is 11.7 Å². The maximum Gasteiger partial charge on any atom is 0.246 e. The average Bonchev–Trinajstić information content (AvgIpc) is 1.64. The fourth-order valence-electron chi connectivity index (χ4n) is 11.8. The number of primary amides is 1. The van der Waals surface area contributed by atoms with Gasteiger partial charge in [0.05, 0.1) is 19.5 Å². The molecule has 0 spiro atoms. The van der Waals surface area contributed by atoms with Gasteiger partial charge in [0.1, 0.15) is 65.9 Å². The third-order valence-electron chi connectivity index (χ3n) is 16.8. The molecule has 4 aromatic carbocycles. The fraction of sp³-hybridized carbons (Fsp3) is 0.373. The predicted octanol–water partition coefficient (Wildman–Crippen LogP) is -0.400. The number of H-pyrrole nitrogens is 3. The second-order valence-electron chi connectivity index (χ2n) is 24.4. The maximum absolute atomic E-state index is 15.1. The average molecular weight is 1320 g/mol. The number of aromatic nitrogens is 4. The standard InChI is InChI=1S/C67H79N15O14/c1-36(2)24-49(60(89)77-51(27-39-30-70-46-10-5-3-8-44(39)46)62(91)80-54(26-38-15-19-43(85)20-16-38)67(96)82-23-7-12-56(82)66(95)72-33-57(68)86)75-61(90)50(25-37-13-17-42(84)18-14-37)76-65(94)55(34-83)81-63(92)52(28-40-31-71-47-11-6-4-9-45(40)47)78-64(93)53(29-41-32-69-35-73-41)79-59(88)48-21-22-58(87)74-48/h3-6,8-11,13-20,30-32,35-36,48-56,70-71,83-85H,7,12,21-29,33-34H2,1-2H3,(H2,68,86)(H,69,73)(H,72,95)(H,74,87)(H,75,90)(H,76,94)(H,77,89)(H,78,93)(H,79,88)(H,80,91)(H,81,92)/t48-,49+,50-,51-,52-,53-,54-,55-,56-/m0/s1. The largest absolute Gasteiger partial charge is 0.508 e. The maximum atomic E-state index is 15.1. The normalized spacial score (nSPS) is 16.6. The first kappa shape index (κ1) is 69.2. The van der Waals surface area contributed by atoms with E-state index in [9.17, 15) is 58.5 Å². The minimum absolute atomic E-state index is 0.0303. The third-order valence-corrected chi connectivity index (χ3v) is 16.8. The Morgan fingerprint density at radius 1 is 0.573 bits per heavy atom. The van der Waals surface area contributed by atoms with E-state index in [1.165, 1.54) is 53.8 Å². The van der Waals surface area contributed by atoms with Crippen LogP contribution in [0.15, 0.2) is 122 Å². The Kier molecular flexibility index (Phi) is 23.2. The summed E-state index contributed by atoms with van der Waals surface area (Å²) in [4.78, 5) is 169. The lowest BCUT2D eigenvalue weighted by atomic mass is 9.99. The number of para-hydroxylation sites is 2. The van der Waals surface area contributed by atoms with Gasteiger partial charge in [-0.3, -0.25) is 52.7 Å². The first-order valence-corrected chi connectivity index (χ1v) is 31.6. The number of rotatable bonds is 31. The molecule has 11 amide bonds. The Labute approximate surface area is 550 Å². The van der Waals surface area contributed by atoms with Crippen LogP contribution in [-0.2, 0) is 84.8 Å². The molecule has 0 bridgehead atoms. The van der Waals surface area contributed by atoms with E-state index in [4.69, 9.17) is 5.73 Å². The quantitative estimate of drug-likeness (QED) is 0.0263. The second-order valence-corrected chi connectivity index (χ2v) is 24.4. The minimum Gasteiger partial charge on any atom is -0.508 e. The number of phenolic OH excluding ortho intramolecular Hbond substituents is 2. The number of carbonyl (C=O) groups excluding carboxylic acids is 11. The summed E-state index contributed by atoms with van der Waals surface area (Å²) in [5.41, 5.74) is 9.24. The van der Waals surface area contributed by atoms with Gasteiger partial charge in [-0.2, -0.15) is 0 Å². The van der Waals surface area contributed by atoms with Gasteiger partial charge in [-0.05, 0) is 90.3 Å². The third kappa shape index (κ3) is 18.4. The van der Waals surface area contributed by atoms with E-state index in [1.807, 2.05) is 18.2 Å². The lowest BCUT2D eigenvalue weighted by Crippen LogP contribution is -2.61. The summed E-state index contributed by atoms with van der Waals surface area (Å²) in [6, 6.07) is 13.7. The Morgan fingerprint density at radius 2 is 1.05 bits per heavy atom. The summed E-state index contributed by atoms with van der Waals surface area (Å²) in [5, 5.41) is 56.7. The number of carbonyl (C=O) groups is 11. The van der Waals surface area contributed by atoms with Gasteiger partial charge in [-0.15, -0.1) is 0 Å². The van der Waals surface area contributed by atoms with Gasteiger partial charge in [0.15, 0.2) is 0 Å². The van der Waals surface area contributed by atoms with Crippen LogP contribution in [0.3, 0.4) is 0 Å². The van der Waals surface area contributed by atoms with Crippen molar-refractivity contribution in [3.05, 3.63) is 150 Å². The van der Waals surface area contributed by atoms with Crippen LogP contribution in [0, 0.1) is 5.92 Å². The highest BCUT2D eigenvalue weighted by molar-refractivity contribution is 6.00. The lowest BCUT2D eigenvalue weighted by molar-refractivity contribution is -0.142. The van der Waals surface area contributed by atoms with Crippen molar-refractivity contribution in [1.82, 2.24) is 72.7 Å². The molecule has 9 atom stereocenters. The van der Waals surface area contributed by atoms with E-state index in [2.05, 4.69) is 67.8 Å². The van der Waals surface area contributed by atoms with E-state index in [-0.39, 0.29) is 87.7 Å². The van der Waals surface area contributed by atoms with Gasteiger partial charge in [0.25, 0.3) is 0 Å². The number of imidazole rings is 1. The number of nitrogens with one attached hydrogen (secondary N) is 12. The summed E-state index contributed by atoms with van der Waals surface area (Å²) >= 11 is 0. The number of fused-ring (bicyclic) bond motifs is 2. The number of aliphatic hydroxyl groups excluding tert-OH is 1. The number of phenols is 2. The molecule has 3 aromatic heterocycles. The van der Waals surface area contributed by atoms with Crippen molar-refractivity contribution in [3.63, 3.8) is 0 Å². The van der Waals surface area contributed by atoms with Crippen molar-refractivity contribution in [2.45, 2.75) is 132 Å². The van der Waals surface area contributed by atoms with Gasteiger partial charge in [-0.25, -0.2) is 4.98 Å². The van der Waals surface area contributed by atoms with Gasteiger partial charge in [-0.1, -0.05) is 74.5 Å². The summed E-state index contributed by atoms with van der Waals surface area (Å²) in [5.74, 6) is -8.99. The van der Waals surface area contributed by atoms with Crippen LogP contribution in [0.5, 0.6) is 11.5 Å². The molecule has 9 rings (SSSR count). The molecule has 0 radical (unpaired) electrons. The van der Waals surface area contributed by atoms with E-state index < -0.39 is 127 Å². The number of likely N-dealkylation sites (tertiary alicyclic amines) is 1. The van der Waals surface area contributed by atoms with Crippen LogP contribution in [0.2, 0.25) is 0 Å². The zero-order chi connectivity index (χ0) is 68.6. The number of aromatic amines is 3. The molecule has 96 heavy (non-hydrogen) atoms. The van der Waals surface area contributed by atoms with Crippen molar-refractivity contribution < 1.29 is 68.1 Å². The first-order valence-electron chi connectivity index (χ1n) is 31.6. The molecule has 2 aliphatic rings. The molecule has 2 saturated heterocycles. The molecular weight excluding hydrogens is 1240 g/mol. The fourth-order valence-corrected chi connectivity index (χ4v) is 11.8. The van der Waals surface area contributed by atoms with E-state index in [0.29, 0.717) is 56.2 Å². The number of amides is 11. The van der Waals surface area contributed by atoms with Crippen molar-refractivity contribution >= 4 is 86.8 Å². The lowest BCUT2D eigenvalue weighted by Gasteiger charge is -2.30. The predicted molar refractivity (Wildman–Crippen MR) is 348 cm³/mol. The molecular formula is C67H79N15O14. The molecule has 0 aliphatic carbocycles. The number of nitrogens with two attached hydrogens (primary N) is 1. The molecule has 17 N–H and O–H groups in total. The van der Waals surface area contributed by atoms with Crippen LogP contribution in [0.25, 0.3) is 21.8 Å². The smallest absolute Gasteiger partial charge is 0.246 e. The molecule has 29 nitrogen and oxygen atoms in total. The SMILES string of the molecule is CC(C)C[C@@H](NC(=O)[C@H](Cc1ccc(O)cc1)NC(=O)[C@H](CO)NC(=O)[C@H](Cc1c[nH]c2ccccc12)NC(=O)[C@H](Cc1cnc[nH]1)NC(=O)[C@@H]1CCC(=O)N1)C(=O)N[C@@H](Cc1c[nH]c2ccccc12)C(=O)N[C@@H](Cc1ccc(O)cc1)C(=O)N1CCC[C@H]1C(=O)NCC(N)=O. The summed E-state index contributed by atoms with van der Waals surface area (Å²) < 4.78 is 0. The number of aromatic hydroxyl groups is 2. The molecule has 506 valence electrons. The monoisotopic (exact) mass is 1320 g/mol. The number of benzene rings is 4. The highest BCUT2D eigenvalue weighted by atomic mass is 16.3. The molecule has 0 unspecified atom stereocenters. The summed E-state index contributed by atoms with van der Waals surface area (Å²) in [6.07, 6.45) is 6.19. The van der Waals surface area contributed by atoms with E-state index in [0.717, 1.165) is 0 Å². The Hall–Kier alpha value is -11.1. The number of hydrogen-bond acceptors (Lipinski definition) is 15. The zero-order valence-corrected chi connectivity index (χ0v) is 52.8. The molecule has 2 aliphatic heterocycles. The molecule has 5 heterocycles. The Balaban J connectivity index is 0.964. The first-order chi connectivity index (χ1) is 46.1. The molecule has 2 fully saturated rings. The summed E-state index contributed by atoms with van der Waals surface area (Å²) in [6.45, 7) is 2.19. The van der Waals surface area contributed by atoms with Crippen LogP contribution in [0.1, 0.15) is 73.9 Å². The van der Waals surface area contributed by atoms with Crippen LogP contribution < -0.4 is 53.6 Å². The molecule has 29 heteroatoms. The van der Waals surface area contributed by atoms with E-state index >= 15 is 9.59 Å². The van der Waals surface area contributed by atoms with Gasteiger partial charge in [0.2, 0.25) is 65.0 Å². The summed E-state index contributed by atoms with van der Waals surface area (Å²) in [7, 11) is 0. The van der Waals surface area contributed by atoms with Gasteiger partial charge in [0, 0.05) is 91.2 Å². The number of nitrogens with zero attached hydrogens (tertiary/aromatic N) is 2. The highest BCUT2D eigenvalue weighted by Gasteiger charge is 2.40. The minimum atomic E-state index is -1.79. The van der Waals surface area contributed by atoms with Gasteiger partial charge < -0.3 is 88.8 Å². The van der Waals surface area contributed by atoms with Crippen molar-refractivity contribution in [1.29, 1.82) is 0 Å². The second kappa shape index (κ2) is 32.2. The Morgan fingerprint density at radius 3 is 1.55 bits per heavy atom.